The monoisotopic (exact) mass is 498 g/mol. The van der Waals surface area contributed by atoms with E-state index in [0.717, 1.165) is 12.8 Å². The molecule has 1 amide bonds. The SMILES string of the molecule is CCOc1cncc(-c2ccc(C(=O)NC(C)(CC)c3ccnc(NS(=O)C4CC4)n3)c(F)c2)n1. The van der Waals surface area contributed by atoms with Gasteiger partial charge in [0.05, 0.1) is 46.7 Å². The molecule has 9 nitrogen and oxygen atoms in total. The number of amides is 1. The molecule has 184 valence electrons. The number of halogens is 1. The Morgan fingerprint density at radius 2 is 2.03 bits per heavy atom. The Morgan fingerprint density at radius 3 is 2.71 bits per heavy atom. The second-order valence-electron chi connectivity index (χ2n) is 8.37. The molecule has 1 saturated carbocycles. The van der Waals surface area contributed by atoms with Crippen molar-refractivity contribution in [1.29, 1.82) is 0 Å². The van der Waals surface area contributed by atoms with Gasteiger partial charge in [-0.1, -0.05) is 13.0 Å². The van der Waals surface area contributed by atoms with Crippen LogP contribution >= 0.6 is 0 Å². The Bertz CT molecular complexity index is 1260. The summed E-state index contributed by atoms with van der Waals surface area (Å²) in [5, 5.41) is 3.02. The number of benzene rings is 1. The molecule has 1 fully saturated rings. The van der Waals surface area contributed by atoms with E-state index in [1.165, 1.54) is 24.5 Å². The maximum absolute atomic E-state index is 15.0. The summed E-state index contributed by atoms with van der Waals surface area (Å²) in [7, 11) is -1.24. The molecule has 4 rings (SSSR count). The first-order valence-corrected chi connectivity index (χ1v) is 12.6. The molecule has 0 aliphatic heterocycles. The number of carbonyl (C=O) groups is 1. The van der Waals surface area contributed by atoms with Gasteiger partial charge in [-0.3, -0.25) is 14.5 Å². The molecule has 1 aliphatic carbocycles. The van der Waals surface area contributed by atoms with E-state index in [-0.39, 0.29) is 16.8 Å². The minimum Gasteiger partial charge on any atom is -0.477 e. The van der Waals surface area contributed by atoms with E-state index in [9.17, 15) is 13.4 Å². The van der Waals surface area contributed by atoms with Gasteiger partial charge in [0.15, 0.2) is 0 Å². The van der Waals surface area contributed by atoms with Crippen LogP contribution in [0.3, 0.4) is 0 Å². The molecule has 0 spiro atoms. The predicted molar refractivity (Wildman–Crippen MR) is 131 cm³/mol. The fourth-order valence-corrected chi connectivity index (χ4v) is 4.39. The van der Waals surface area contributed by atoms with E-state index in [2.05, 4.69) is 30.0 Å². The molecule has 1 aromatic carbocycles. The summed E-state index contributed by atoms with van der Waals surface area (Å²) in [6.07, 6.45) is 6.84. The largest absolute Gasteiger partial charge is 0.477 e. The van der Waals surface area contributed by atoms with Crippen LogP contribution in [0.15, 0.2) is 42.9 Å². The Balaban J connectivity index is 1.53. The third-order valence-electron chi connectivity index (χ3n) is 5.75. The fraction of sp³-hybridized carbons (Fsp3) is 0.375. The molecule has 0 bridgehead atoms. The van der Waals surface area contributed by atoms with Crippen LogP contribution in [0.5, 0.6) is 5.88 Å². The van der Waals surface area contributed by atoms with Crippen LogP contribution in [-0.4, -0.2) is 41.9 Å². The maximum atomic E-state index is 15.0. The third-order valence-corrected chi connectivity index (χ3v) is 7.21. The summed E-state index contributed by atoms with van der Waals surface area (Å²) in [6.45, 7) is 5.96. The van der Waals surface area contributed by atoms with Crippen molar-refractivity contribution in [1.82, 2.24) is 25.3 Å². The fourth-order valence-electron chi connectivity index (χ4n) is 3.39. The molecule has 0 saturated heterocycles. The van der Waals surface area contributed by atoms with Crippen LogP contribution in [0.4, 0.5) is 10.3 Å². The summed E-state index contributed by atoms with van der Waals surface area (Å²) in [5.74, 6) is -0.702. The molecule has 0 radical (unpaired) electrons. The lowest BCUT2D eigenvalue weighted by Crippen LogP contribution is -2.44. The Morgan fingerprint density at radius 1 is 1.23 bits per heavy atom. The van der Waals surface area contributed by atoms with Gasteiger partial charge >= 0.3 is 0 Å². The van der Waals surface area contributed by atoms with Crippen molar-refractivity contribution in [2.45, 2.75) is 50.8 Å². The Labute approximate surface area is 205 Å². The highest BCUT2D eigenvalue weighted by Crippen LogP contribution is 2.28. The topological polar surface area (TPSA) is 119 Å². The number of ether oxygens (including phenoxy) is 1. The van der Waals surface area contributed by atoms with Crippen LogP contribution in [0, 0.1) is 5.82 Å². The number of rotatable bonds is 10. The lowest BCUT2D eigenvalue weighted by molar-refractivity contribution is 0.0895. The van der Waals surface area contributed by atoms with Crippen molar-refractivity contribution in [3.8, 4) is 17.1 Å². The van der Waals surface area contributed by atoms with E-state index >= 15 is 0 Å². The molecule has 35 heavy (non-hydrogen) atoms. The predicted octanol–water partition coefficient (Wildman–Crippen LogP) is 3.76. The number of hydrogen-bond acceptors (Lipinski definition) is 7. The standard InChI is InChI=1S/C24H27FN6O3S/c1-4-24(3,20-10-11-27-23(29-20)31-35(33)16-7-8-16)30-22(32)17-9-6-15(12-18(17)25)19-13-26-14-21(28-19)34-5-2/h6,9-14,16H,4-5,7-8H2,1-3H3,(H,30,32)(H,27,29,31). The van der Waals surface area contributed by atoms with Gasteiger partial charge in [-0.2, -0.15) is 0 Å². The van der Waals surface area contributed by atoms with E-state index in [1.54, 1.807) is 25.3 Å². The molecule has 2 aromatic heterocycles. The normalized spacial score (nSPS) is 15.7. The van der Waals surface area contributed by atoms with Gasteiger partial charge in [0, 0.05) is 11.8 Å². The highest BCUT2D eigenvalue weighted by Gasteiger charge is 2.32. The third kappa shape index (κ3) is 5.79. The zero-order valence-electron chi connectivity index (χ0n) is 19.7. The van der Waals surface area contributed by atoms with Crippen LogP contribution < -0.4 is 14.8 Å². The maximum Gasteiger partial charge on any atom is 0.254 e. The van der Waals surface area contributed by atoms with Crippen molar-refractivity contribution in [3.63, 3.8) is 0 Å². The number of anilines is 1. The zero-order chi connectivity index (χ0) is 25.0. The van der Waals surface area contributed by atoms with Gasteiger partial charge in [0.25, 0.3) is 5.91 Å². The lowest BCUT2D eigenvalue weighted by Gasteiger charge is -2.29. The first kappa shape index (κ1) is 24.6. The number of carbonyl (C=O) groups excluding carboxylic acids is 1. The van der Waals surface area contributed by atoms with Gasteiger partial charge < -0.3 is 10.1 Å². The lowest BCUT2D eigenvalue weighted by atomic mass is 9.93. The Kier molecular flexibility index (Phi) is 7.34. The quantitative estimate of drug-likeness (QED) is 0.437. The molecule has 2 heterocycles. The number of hydrogen-bond donors (Lipinski definition) is 2. The van der Waals surface area contributed by atoms with Crippen molar-refractivity contribution in [2.24, 2.45) is 0 Å². The summed E-state index contributed by atoms with van der Waals surface area (Å²) in [4.78, 5) is 30.0. The summed E-state index contributed by atoms with van der Waals surface area (Å²) < 4.78 is 35.4. The summed E-state index contributed by atoms with van der Waals surface area (Å²) in [5.41, 5.74) is 0.426. The van der Waals surface area contributed by atoms with Crippen molar-refractivity contribution >= 4 is 22.8 Å². The summed E-state index contributed by atoms with van der Waals surface area (Å²) >= 11 is 0. The van der Waals surface area contributed by atoms with Crippen molar-refractivity contribution in [2.75, 3.05) is 11.3 Å². The van der Waals surface area contributed by atoms with Crippen LogP contribution in [0.1, 0.15) is 56.1 Å². The van der Waals surface area contributed by atoms with Crippen molar-refractivity contribution in [3.05, 3.63) is 59.9 Å². The molecule has 2 atom stereocenters. The smallest absolute Gasteiger partial charge is 0.254 e. The van der Waals surface area contributed by atoms with E-state index in [0.29, 0.717) is 35.9 Å². The van der Waals surface area contributed by atoms with E-state index in [4.69, 9.17) is 4.74 Å². The summed E-state index contributed by atoms with van der Waals surface area (Å²) in [6, 6.07) is 5.95. The van der Waals surface area contributed by atoms with Crippen molar-refractivity contribution < 1.29 is 18.1 Å². The molecule has 11 heteroatoms. The molecular formula is C24H27FN6O3S. The average molecular weight is 499 g/mol. The number of aromatic nitrogens is 4. The minimum atomic E-state index is -1.24. The number of nitrogens with zero attached hydrogens (tertiary/aromatic N) is 4. The van der Waals surface area contributed by atoms with Gasteiger partial charge in [0.1, 0.15) is 16.8 Å². The molecule has 2 N–H and O–H groups in total. The van der Waals surface area contributed by atoms with Crippen LogP contribution in [0.2, 0.25) is 0 Å². The van der Waals surface area contributed by atoms with Gasteiger partial charge in [-0.05, 0) is 51.3 Å². The number of nitrogens with one attached hydrogen (secondary N) is 2. The highest BCUT2D eigenvalue weighted by atomic mass is 32.2. The van der Waals surface area contributed by atoms with E-state index in [1.807, 2.05) is 13.8 Å². The van der Waals surface area contributed by atoms with Crippen LogP contribution in [-0.2, 0) is 16.5 Å². The molecule has 3 aromatic rings. The second-order valence-corrected chi connectivity index (χ2v) is 9.84. The van der Waals surface area contributed by atoms with Gasteiger partial charge in [-0.25, -0.2) is 23.6 Å². The second kappa shape index (κ2) is 10.4. The van der Waals surface area contributed by atoms with Gasteiger partial charge in [0.2, 0.25) is 11.8 Å². The highest BCUT2D eigenvalue weighted by molar-refractivity contribution is 7.87. The molecule has 1 aliphatic rings. The zero-order valence-corrected chi connectivity index (χ0v) is 20.6. The average Bonchev–Trinajstić information content (AvgIpc) is 3.70. The minimum absolute atomic E-state index is 0.107. The van der Waals surface area contributed by atoms with Crippen LogP contribution in [0.25, 0.3) is 11.3 Å². The van der Waals surface area contributed by atoms with E-state index < -0.39 is 28.2 Å². The molecular weight excluding hydrogens is 471 g/mol. The first-order chi connectivity index (χ1) is 16.8. The molecule has 2 unspecified atom stereocenters. The first-order valence-electron chi connectivity index (χ1n) is 11.4. The van der Waals surface area contributed by atoms with Gasteiger partial charge in [-0.15, -0.1) is 0 Å². The Hall–Kier alpha value is -3.47.